The van der Waals surface area contributed by atoms with Gasteiger partial charge in [-0.05, 0) is 36.4 Å². The maximum Gasteiger partial charge on any atom is 0.332 e. The summed E-state index contributed by atoms with van der Waals surface area (Å²) in [6, 6.07) is 11.6. The molecular formula is C19H14ClN5O3. The van der Waals surface area contributed by atoms with Crippen LogP contribution in [0.3, 0.4) is 0 Å². The number of fused-ring (bicyclic) bond motifs is 2. The SMILES string of the molecule is Cn1c(=O)c2ccc(C(=O)Nc3ccc4c(Cl)cccc4n3)nc2n(C)c1=O. The van der Waals surface area contributed by atoms with Gasteiger partial charge in [-0.1, -0.05) is 17.7 Å². The van der Waals surface area contributed by atoms with Gasteiger partial charge in [0.25, 0.3) is 11.5 Å². The highest BCUT2D eigenvalue weighted by molar-refractivity contribution is 6.35. The number of hydrogen-bond donors (Lipinski definition) is 1. The molecule has 1 aromatic carbocycles. The highest BCUT2D eigenvalue weighted by Crippen LogP contribution is 2.23. The monoisotopic (exact) mass is 395 g/mol. The molecule has 1 amide bonds. The number of aromatic nitrogens is 4. The smallest absolute Gasteiger partial charge is 0.305 e. The maximum atomic E-state index is 12.6. The molecule has 28 heavy (non-hydrogen) atoms. The lowest BCUT2D eigenvalue weighted by atomic mass is 10.2. The van der Waals surface area contributed by atoms with Crippen LogP contribution in [0.1, 0.15) is 10.5 Å². The molecule has 0 unspecified atom stereocenters. The number of nitrogens with zero attached hydrogens (tertiary/aromatic N) is 4. The number of hydrogen-bond acceptors (Lipinski definition) is 5. The summed E-state index contributed by atoms with van der Waals surface area (Å²) in [5, 5.41) is 4.26. The van der Waals surface area contributed by atoms with Crippen LogP contribution in [-0.4, -0.2) is 25.0 Å². The summed E-state index contributed by atoms with van der Waals surface area (Å²) in [4.78, 5) is 45.5. The van der Waals surface area contributed by atoms with Crippen LogP contribution in [0.25, 0.3) is 21.9 Å². The normalized spacial score (nSPS) is 11.1. The molecule has 4 aromatic rings. The third kappa shape index (κ3) is 2.84. The number of halogens is 1. The second-order valence-electron chi connectivity index (χ2n) is 6.23. The van der Waals surface area contributed by atoms with Crippen molar-refractivity contribution >= 4 is 45.3 Å². The van der Waals surface area contributed by atoms with Gasteiger partial charge < -0.3 is 5.32 Å². The molecule has 0 bridgehead atoms. The van der Waals surface area contributed by atoms with E-state index in [1.54, 1.807) is 30.3 Å². The van der Waals surface area contributed by atoms with E-state index in [1.165, 1.54) is 30.8 Å². The summed E-state index contributed by atoms with van der Waals surface area (Å²) in [7, 11) is 2.88. The van der Waals surface area contributed by atoms with Gasteiger partial charge >= 0.3 is 5.69 Å². The standard InChI is InChI=1S/C19H14ClN5O3/c1-24-16-11(18(27)25(2)19(24)28)6-8-14(22-16)17(26)23-15-9-7-10-12(20)4-3-5-13(10)21-15/h3-9H,1-2H3,(H,21,23,26). The Morgan fingerprint density at radius 3 is 2.50 bits per heavy atom. The molecule has 140 valence electrons. The van der Waals surface area contributed by atoms with E-state index in [4.69, 9.17) is 11.6 Å². The lowest BCUT2D eigenvalue weighted by molar-refractivity contribution is 0.102. The quantitative estimate of drug-likeness (QED) is 0.560. The van der Waals surface area contributed by atoms with E-state index >= 15 is 0 Å². The zero-order valence-corrected chi connectivity index (χ0v) is 15.7. The second kappa shape index (κ2) is 6.58. The molecule has 3 heterocycles. The van der Waals surface area contributed by atoms with Crippen molar-refractivity contribution in [3.63, 3.8) is 0 Å². The first-order valence-corrected chi connectivity index (χ1v) is 8.68. The number of aryl methyl sites for hydroxylation is 1. The van der Waals surface area contributed by atoms with Crippen LogP contribution in [0, 0.1) is 0 Å². The van der Waals surface area contributed by atoms with Crippen molar-refractivity contribution in [2.45, 2.75) is 0 Å². The van der Waals surface area contributed by atoms with Crippen molar-refractivity contribution in [3.05, 3.63) is 74.0 Å². The van der Waals surface area contributed by atoms with Gasteiger partial charge in [0, 0.05) is 24.5 Å². The molecule has 8 nitrogen and oxygen atoms in total. The van der Waals surface area contributed by atoms with Crippen molar-refractivity contribution in [1.82, 2.24) is 19.1 Å². The molecule has 0 aliphatic heterocycles. The van der Waals surface area contributed by atoms with Gasteiger partial charge in [-0.25, -0.2) is 14.8 Å². The maximum absolute atomic E-state index is 12.6. The molecular weight excluding hydrogens is 382 g/mol. The zero-order valence-electron chi connectivity index (χ0n) is 14.9. The predicted molar refractivity (Wildman–Crippen MR) is 107 cm³/mol. The lowest BCUT2D eigenvalue weighted by Crippen LogP contribution is -2.37. The summed E-state index contributed by atoms with van der Waals surface area (Å²) in [5.74, 6) is -0.177. The first-order chi connectivity index (χ1) is 13.4. The predicted octanol–water partition coefficient (Wildman–Crippen LogP) is 2.09. The van der Waals surface area contributed by atoms with E-state index in [9.17, 15) is 14.4 Å². The molecule has 3 aromatic heterocycles. The first-order valence-electron chi connectivity index (χ1n) is 8.30. The Bertz CT molecular complexity index is 1390. The summed E-state index contributed by atoms with van der Waals surface area (Å²) >= 11 is 6.13. The van der Waals surface area contributed by atoms with E-state index in [1.807, 2.05) is 0 Å². The number of rotatable bonds is 2. The number of benzene rings is 1. The van der Waals surface area contributed by atoms with Crippen LogP contribution in [0.5, 0.6) is 0 Å². The van der Waals surface area contributed by atoms with Crippen LogP contribution in [-0.2, 0) is 14.1 Å². The summed E-state index contributed by atoms with van der Waals surface area (Å²) in [6.45, 7) is 0. The van der Waals surface area contributed by atoms with Gasteiger partial charge in [0.2, 0.25) is 0 Å². The number of anilines is 1. The fourth-order valence-corrected chi connectivity index (χ4v) is 3.18. The minimum atomic E-state index is -0.518. The Labute approximate surface area is 163 Å². The van der Waals surface area contributed by atoms with E-state index < -0.39 is 17.2 Å². The van der Waals surface area contributed by atoms with Gasteiger partial charge in [0.05, 0.1) is 10.9 Å². The molecule has 0 saturated heterocycles. The van der Waals surface area contributed by atoms with Crippen molar-refractivity contribution in [2.24, 2.45) is 14.1 Å². The van der Waals surface area contributed by atoms with Crippen LogP contribution in [0.2, 0.25) is 5.02 Å². The van der Waals surface area contributed by atoms with Gasteiger partial charge in [-0.3, -0.25) is 18.7 Å². The highest BCUT2D eigenvalue weighted by atomic mass is 35.5. The number of pyridine rings is 2. The number of carbonyl (C=O) groups is 1. The van der Waals surface area contributed by atoms with E-state index in [0.717, 1.165) is 9.95 Å². The minimum absolute atomic E-state index is 0.0590. The Morgan fingerprint density at radius 2 is 1.71 bits per heavy atom. The molecule has 0 atom stereocenters. The highest BCUT2D eigenvalue weighted by Gasteiger charge is 2.14. The molecule has 1 N–H and O–H groups in total. The van der Waals surface area contributed by atoms with E-state index in [0.29, 0.717) is 16.4 Å². The first kappa shape index (κ1) is 17.9. The largest absolute Gasteiger partial charge is 0.332 e. The van der Waals surface area contributed by atoms with Crippen molar-refractivity contribution in [3.8, 4) is 0 Å². The van der Waals surface area contributed by atoms with Crippen LogP contribution < -0.4 is 16.6 Å². The molecule has 0 aliphatic carbocycles. The van der Waals surface area contributed by atoms with Crippen LogP contribution in [0.15, 0.2) is 52.1 Å². The average Bonchev–Trinajstić information content (AvgIpc) is 2.70. The second-order valence-corrected chi connectivity index (χ2v) is 6.64. The Hall–Kier alpha value is -3.52. The molecule has 0 fully saturated rings. The number of carbonyl (C=O) groups excluding carboxylic acids is 1. The summed E-state index contributed by atoms with van der Waals surface area (Å²) in [6.07, 6.45) is 0. The van der Waals surface area contributed by atoms with Crippen molar-refractivity contribution in [2.75, 3.05) is 5.32 Å². The zero-order chi connectivity index (χ0) is 20.0. The molecule has 0 spiro atoms. The third-order valence-electron chi connectivity index (χ3n) is 4.45. The Balaban J connectivity index is 1.73. The molecule has 0 radical (unpaired) electrons. The van der Waals surface area contributed by atoms with Gasteiger partial charge in [-0.2, -0.15) is 0 Å². The molecule has 0 aliphatic rings. The fraction of sp³-hybridized carbons (Fsp3) is 0.105. The van der Waals surface area contributed by atoms with E-state index in [-0.39, 0.29) is 16.7 Å². The van der Waals surface area contributed by atoms with Gasteiger partial charge in [0.1, 0.15) is 17.2 Å². The van der Waals surface area contributed by atoms with Crippen LogP contribution >= 0.6 is 11.6 Å². The minimum Gasteiger partial charge on any atom is -0.305 e. The number of nitrogens with one attached hydrogen (secondary N) is 1. The third-order valence-corrected chi connectivity index (χ3v) is 4.78. The summed E-state index contributed by atoms with van der Waals surface area (Å²) in [5.41, 5.74) is -0.147. The Morgan fingerprint density at radius 1 is 0.964 bits per heavy atom. The topological polar surface area (TPSA) is 98.9 Å². The fourth-order valence-electron chi connectivity index (χ4n) is 2.95. The summed E-state index contributed by atoms with van der Waals surface area (Å²) < 4.78 is 2.22. The number of amides is 1. The lowest BCUT2D eigenvalue weighted by Gasteiger charge is -2.09. The van der Waals surface area contributed by atoms with Crippen molar-refractivity contribution in [1.29, 1.82) is 0 Å². The molecule has 0 saturated carbocycles. The Kier molecular flexibility index (Phi) is 4.20. The average molecular weight is 396 g/mol. The molecule has 9 heteroatoms. The van der Waals surface area contributed by atoms with Crippen molar-refractivity contribution < 1.29 is 4.79 Å². The van der Waals surface area contributed by atoms with E-state index in [2.05, 4.69) is 15.3 Å². The van der Waals surface area contributed by atoms with Gasteiger partial charge in [-0.15, -0.1) is 0 Å². The van der Waals surface area contributed by atoms with Crippen LogP contribution in [0.4, 0.5) is 5.82 Å². The molecule has 4 rings (SSSR count). The van der Waals surface area contributed by atoms with Gasteiger partial charge in [0.15, 0.2) is 0 Å².